The van der Waals surface area contributed by atoms with Crippen molar-refractivity contribution in [2.24, 2.45) is 0 Å². The summed E-state index contributed by atoms with van der Waals surface area (Å²) in [6.07, 6.45) is 1.89. The molecule has 2 aliphatic rings. The van der Waals surface area contributed by atoms with Gasteiger partial charge in [0.25, 0.3) is 0 Å². The zero-order chi connectivity index (χ0) is 11.0. The van der Waals surface area contributed by atoms with Crippen molar-refractivity contribution in [3.8, 4) is 0 Å². The Morgan fingerprint density at radius 2 is 2.06 bits per heavy atom. The largest absolute Gasteiger partial charge is 0.464 e. The predicted molar refractivity (Wildman–Crippen MR) is 59.9 cm³/mol. The first-order valence-corrected chi connectivity index (χ1v) is 5.82. The van der Waals surface area contributed by atoms with Gasteiger partial charge in [-0.1, -0.05) is 24.3 Å². The van der Waals surface area contributed by atoms with Crippen molar-refractivity contribution in [3.63, 3.8) is 0 Å². The summed E-state index contributed by atoms with van der Waals surface area (Å²) in [5, 5.41) is 0. The predicted octanol–water partition coefficient (Wildman–Crippen LogP) is 1.36. The van der Waals surface area contributed by atoms with Crippen LogP contribution >= 0.6 is 0 Å². The highest BCUT2D eigenvalue weighted by atomic mass is 16.5. The van der Waals surface area contributed by atoms with Crippen molar-refractivity contribution in [3.05, 3.63) is 35.4 Å². The maximum Gasteiger partial charge on any atom is 0.323 e. The number of fused-ring (bicyclic) bond motifs is 1. The number of carbonyl (C=O) groups excluding carboxylic acids is 1. The minimum atomic E-state index is -0.0422. The SMILES string of the molecule is O=C1OCCC1N1CCc2ccccc2C1. The van der Waals surface area contributed by atoms with E-state index in [1.165, 1.54) is 11.1 Å². The van der Waals surface area contributed by atoms with Crippen LogP contribution in [0, 0.1) is 0 Å². The van der Waals surface area contributed by atoms with Crippen LogP contribution in [0.25, 0.3) is 0 Å². The Morgan fingerprint density at radius 1 is 1.25 bits per heavy atom. The zero-order valence-electron chi connectivity index (χ0n) is 9.19. The summed E-state index contributed by atoms with van der Waals surface area (Å²) in [6.45, 7) is 2.44. The zero-order valence-corrected chi connectivity index (χ0v) is 9.19. The van der Waals surface area contributed by atoms with Crippen LogP contribution in [0.15, 0.2) is 24.3 Å². The van der Waals surface area contributed by atoms with Crippen molar-refractivity contribution in [2.75, 3.05) is 13.2 Å². The second-order valence-corrected chi connectivity index (χ2v) is 4.46. The van der Waals surface area contributed by atoms with E-state index in [9.17, 15) is 4.79 Å². The quantitative estimate of drug-likeness (QED) is 0.665. The lowest BCUT2D eigenvalue weighted by Crippen LogP contribution is -2.41. The first-order valence-electron chi connectivity index (χ1n) is 5.82. The minimum absolute atomic E-state index is 0.00615. The van der Waals surface area contributed by atoms with Gasteiger partial charge in [-0.3, -0.25) is 9.69 Å². The Balaban J connectivity index is 1.80. The highest BCUT2D eigenvalue weighted by Crippen LogP contribution is 2.23. The molecule has 1 unspecified atom stereocenters. The van der Waals surface area contributed by atoms with Crippen LogP contribution in [-0.2, 0) is 22.5 Å². The number of ether oxygens (including phenoxy) is 1. The molecule has 0 N–H and O–H groups in total. The molecular weight excluding hydrogens is 202 g/mol. The number of rotatable bonds is 1. The fourth-order valence-corrected chi connectivity index (χ4v) is 2.60. The normalized spacial score (nSPS) is 25.2. The first-order chi connectivity index (χ1) is 7.84. The van der Waals surface area contributed by atoms with E-state index in [0.29, 0.717) is 6.61 Å². The molecule has 0 spiro atoms. The number of cyclic esters (lactones) is 1. The van der Waals surface area contributed by atoms with Crippen molar-refractivity contribution >= 4 is 5.97 Å². The number of nitrogens with zero attached hydrogens (tertiary/aromatic N) is 1. The molecule has 2 heterocycles. The van der Waals surface area contributed by atoms with Crippen LogP contribution in [0.3, 0.4) is 0 Å². The number of benzene rings is 1. The molecule has 16 heavy (non-hydrogen) atoms. The monoisotopic (exact) mass is 217 g/mol. The van der Waals surface area contributed by atoms with Crippen molar-refractivity contribution in [1.29, 1.82) is 0 Å². The van der Waals surface area contributed by atoms with Crippen LogP contribution in [0.2, 0.25) is 0 Å². The van der Waals surface area contributed by atoms with Crippen LogP contribution in [-0.4, -0.2) is 30.1 Å². The molecule has 2 aliphatic heterocycles. The first kappa shape index (κ1) is 9.85. The van der Waals surface area contributed by atoms with E-state index in [-0.39, 0.29) is 12.0 Å². The van der Waals surface area contributed by atoms with Crippen LogP contribution in [0.1, 0.15) is 17.5 Å². The molecule has 1 aromatic rings. The second kappa shape index (κ2) is 3.91. The van der Waals surface area contributed by atoms with Gasteiger partial charge in [-0.25, -0.2) is 0 Å². The van der Waals surface area contributed by atoms with Gasteiger partial charge in [0.15, 0.2) is 0 Å². The maximum atomic E-state index is 11.5. The molecule has 0 aromatic heterocycles. The van der Waals surface area contributed by atoms with Crippen molar-refractivity contribution in [2.45, 2.75) is 25.4 Å². The Bertz CT molecular complexity index is 416. The summed E-state index contributed by atoms with van der Waals surface area (Å²) < 4.78 is 5.03. The van der Waals surface area contributed by atoms with Gasteiger partial charge in [-0.15, -0.1) is 0 Å². The lowest BCUT2D eigenvalue weighted by Gasteiger charge is -2.31. The fourth-order valence-electron chi connectivity index (χ4n) is 2.60. The summed E-state index contributed by atoms with van der Waals surface area (Å²) in [5.74, 6) is -0.0422. The molecule has 1 atom stereocenters. The minimum Gasteiger partial charge on any atom is -0.464 e. The van der Waals surface area contributed by atoms with Crippen LogP contribution in [0.5, 0.6) is 0 Å². The van der Waals surface area contributed by atoms with Crippen LogP contribution < -0.4 is 0 Å². The summed E-state index contributed by atoms with van der Waals surface area (Å²) in [6, 6.07) is 8.48. The number of esters is 1. The Hall–Kier alpha value is -1.35. The molecule has 84 valence electrons. The molecule has 0 aliphatic carbocycles. The molecule has 0 bridgehead atoms. The Morgan fingerprint density at radius 3 is 2.81 bits per heavy atom. The lowest BCUT2D eigenvalue weighted by molar-refractivity contribution is -0.142. The molecule has 0 radical (unpaired) electrons. The summed E-state index contributed by atoms with van der Waals surface area (Å²) in [4.78, 5) is 13.8. The van der Waals surface area contributed by atoms with Crippen molar-refractivity contribution < 1.29 is 9.53 Å². The standard InChI is InChI=1S/C13H15NO2/c15-13-12(6-8-16-13)14-7-5-10-3-1-2-4-11(10)9-14/h1-4,12H,5-9H2. The smallest absolute Gasteiger partial charge is 0.323 e. The summed E-state index contributed by atoms with van der Waals surface area (Å²) in [5.41, 5.74) is 2.78. The Labute approximate surface area is 95.0 Å². The summed E-state index contributed by atoms with van der Waals surface area (Å²) in [7, 11) is 0. The number of hydrogen-bond acceptors (Lipinski definition) is 3. The van der Waals surface area contributed by atoms with Gasteiger partial charge in [-0.05, 0) is 17.5 Å². The molecule has 1 saturated heterocycles. The average molecular weight is 217 g/mol. The van der Waals surface area contributed by atoms with Gasteiger partial charge < -0.3 is 4.74 Å². The molecule has 3 heteroatoms. The fraction of sp³-hybridized carbons (Fsp3) is 0.462. The van der Waals surface area contributed by atoms with E-state index in [0.717, 1.165) is 25.9 Å². The third-order valence-corrected chi connectivity index (χ3v) is 3.51. The average Bonchev–Trinajstić information content (AvgIpc) is 2.75. The van der Waals surface area contributed by atoms with Gasteiger partial charge in [-0.2, -0.15) is 0 Å². The molecule has 1 aromatic carbocycles. The topological polar surface area (TPSA) is 29.5 Å². The Kier molecular flexibility index (Phi) is 2.40. The molecule has 3 rings (SSSR count). The van der Waals surface area contributed by atoms with E-state index in [2.05, 4.69) is 29.2 Å². The van der Waals surface area contributed by atoms with E-state index in [1.807, 2.05) is 0 Å². The lowest BCUT2D eigenvalue weighted by atomic mass is 9.98. The third kappa shape index (κ3) is 1.61. The molecule has 0 saturated carbocycles. The van der Waals surface area contributed by atoms with Gasteiger partial charge in [0, 0.05) is 19.5 Å². The molecular formula is C13H15NO2. The summed E-state index contributed by atoms with van der Waals surface area (Å²) >= 11 is 0. The number of carbonyl (C=O) groups is 1. The van der Waals surface area contributed by atoms with Gasteiger partial charge in [0.05, 0.1) is 6.61 Å². The number of hydrogen-bond donors (Lipinski definition) is 0. The third-order valence-electron chi connectivity index (χ3n) is 3.51. The second-order valence-electron chi connectivity index (χ2n) is 4.46. The highest BCUT2D eigenvalue weighted by molar-refractivity contribution is 5.77. The van der Waals surface area contributed by atoms with Crippen molar-refractivity contribution in [1.82, 2.24) is 4.90 Å². The van der Waals surface area contributed by atoms with E-state index >= 15 is 0 Å². The van der Waals surface area contributed by atoms with E-state index in [1.54, 1.807) is 0 Å². The maximum absolute atomic E-state index is 11.5. The molecule has 1 fully saturated rings. The van der Waals surface area contributed by atoms with Gasteiger partial charge in [0.2, 0.25) is 0 Å². The van der Waals surface area contributed by atoms with Gasteiger partial charge >= 0.3 is 5.97 Å². The van der Waals surface area contributed by atoms with Gasteiger partial charge in [0.1, 0.15) is 6.04 Å². The van der Waals surface area contributed by atoms with E-state index < -0.39 is 0 Å². The molecule has 3 nitrogen and oxygen atoms in total. The molecule has 0 amide bonds. The van der Waals surface area contributed by atoms with E-state index in [4.69, 9.17) is 4.74 Å². The highest BCUT2D eigenvalue weighted by Gasteiger charge is 2.33. The van der Waals surface area contributed by atoms with Crippen LogP contribution in [0.4, 0.5) is 0 Å².